The van der Waals surface area contributed by atoms with Gasteiger partial charge in [-0.2, -0.15) is 0 Å². The third-order valence-corrected chi connectivity index (χ3v) is 6.42. The topological polar surface area (TPSA) is 82.2 Å². The van der Waals surface area contributed by atoms with Gasteiger partial charge < -0.3 is 16.5 Å². The van der Waals surface area contributed by atoms with E-state index in [0.717, 1.165) is 41.8 Å². The predicted molar refractivity (Wildman–Crippen MR) is 130 cm³/mol. The monoisotopic (exact) mass is 422 g/mol. The number of nitrogens with one attached hydrogen (secondary N) is 2. The van der Waals surface area contributed by atoms with Crippen LogP contribution in [0.5, 0.6) is 0 Å². The van der Waals surface area contributed by atoms with Gasteiger partial charge in [0.05, 0.1) is 6.04 Å². The Morgan fingerprint density at radius 2 is 1.90 bits per heavy atom. The van der Waals surface area contributed by atoms with Crippen LogP contribution in [0.1, 0.15) is 39.2 Å². The summed E-state index contributed by atoms with van der Waals surface area (Å²) in [4.78, 5) is 16.2. The lowest BCUT2D eigenvalue weighted by atomic mass is 10.0. The first-order valence-electron chi connectivity index (χ1n) is 10.5. The fraction of sp³-hybridized carbons (Fsp3) is 0.333. The number of anilines is 2. The first kappa shape index (κ1) is 22.0. The van der Waals surface area contributed by atoms with Crippen LogP contribution in [0.3, 0.4) is 0 Å². The highest BCUT2D eigenvalue weighted by Crippen LogP contribution is 2.38. The molecule has 0 saturated carbocycles. The van der Waals surface area contributed by atoms with Gasteiger partial charge in [0.2, 0.25) is 5.91 Å². The smallest absolute Gasteiger partial charge is 0.241 e. The Labute approximate surface area is 182 Å². The van der Waals surface area contributed by atoms with E-state index in [2.05, 4.69) is 42.3 Å². The van der Waals surface area contributed by atoms with Crippen molar-refractivity contribution in [1.29, 1.82) is 5.41 Å². The number of thiophene rings is 1. The third-order valence-electron chi connectivity index (χ3n) is 5.27. The second-order valence-electron chi connectivity index (χ2n) is 7.52. The van der Waals surface area contributed by atoms with Gasteiger partial charge in [-0.25, -0.2) is 0 Å². The first-order valence-corrected chi connectivity index (χ1v) is 11.3. The molecule has 4 N–H and O–H groups in total. The molecule has 0 fully saturated rings. The molecule has 0 bridgehead atoms. The molecule has 0 radical (unpaired) electrons. The Hall–Kier alpha value is -2.70. The molecule has 0 spiro atoms. The van der Waals surface area contributed by atoms with Crippen molar-refractivity contribution in [1.82, 2.24) is 4.90 Å². The van der Waals surface area contributed by atoms with Crippen LogP contribution in [-0.4, -0.2) is 36.2 Å². The molecule has 1 atom stereocenters. The minimum Gasteiger partial charge on any atom is -0.398 e. The Balaban J connectivity index is 1.93. The fourth-order valence-corrected chi connectivity index (χ4v) is 4.76. The van der Waals surface area contributed by atoms with E-state index in [4.69, 9.17) is 11.1 Å². The molecule has 3 rings (SSSR count). The number of carbonyl (C=O) groups excluding carboxylic acids is 1. The third kappa shape index (κ3) is 4.71. The van der Waals surface area contributed by atoms with Crippen molar-refractivity contribution in [3.05, 3.63) is 48.0 Å². The van der Waals surface area contributed by atoms with Crippen LogP contribution in [0, 0.1) is 5.41 Å². The van der Waals surface area contributed by atoms with Crippen molar-refractivity contribution in [2.45, 2.75) is 39.7 Å². The number of hydrogen-bond acceptors (Lipinski definition) is 5. The zero-order valence-corrected chi connectivity index (χ0v) is 18.7. The Kier molecular flexibility index (Phi) is 7.24. The highest BCUT2D eigenvalue weighted by molar-refractivity contribution is 7.22. The highest BCUT2D eigenvalue weighted by Gasteiger charge is 2.21. The van der Waals surface area contributed by atoms with Crippen LogP contribution in [0.4, 0.5) is 11.4 Å². The maximum atomic E-state index is 12.9. The van der Waals surface area contributed by atoms with E-state index in [1.165, 1.54) is 10.9 Å². The fourth-order valence-electron chi connectivity index (χ4n) is 3.67. The number of fused-ring (bicyclic) bond motifs is 1. The number of carbonyl (C=O) groups is 1. The van der Waals surface area contributed by atoms with Gasteiger partial charge in [0, 0.05) is 38.3 Å². The summed E-state index contributed by atoms with van der Waals surface area (Å²) in [5.74, 6) is -0.0418. The largest absolute Gasteiger partial charge is 0.398 e. The predicted octanol–water partition coefficient (Wildman–Crippen LogP) is 5.60. The lowest BCUT2D eigenvalue weighted by Crippen LogP contribution is -2.42. The Bertz CT molecular complexity index is 1000. The van der Waals surface area contributed by atoms with Crippen molar-refractivity contribution in [3.63, 3.8) is 0 Å². The minimum absolute atomic E-state index is 0.0418. The van der Waals surface area contributed by atoms with E-state index in [-0.39, 0.29) is 11.9 Å². The van der Waals surface area contributed by atoms with Crippen LogP contribution >= 0.6 is 11.3 Å². The lowest BCUT2D eigenvalue weighted by Gasteiger charge is -2.27. The van der Waals surface area contributed by atoms with Gasteiger partial charge in [-0.1, -0.05) is 32.0 Å². The molecule has 3 aromatic rings. The van der Waals surface area contributed by atoms with Gasteiger partial charge in [-0.15, -0.1) is 11.3 Å². The van der Waals surface area contributed by atoms with Crippen molar-refractivity contribution < 1.29 is 4.79 Å². The summed E-state index contributed by atoms with van der Waals surface area (Å²) in [5, 5.41) is 12.0. The quantitative estimate of drug-likeness (QED) is 0.310. The number of nitrogens with two attached hydrogens (primary N) is 1. The molecule has 0 aliphatic heterocycles. The van der Waals surface area contributed by atoms with Crippen molar-refractivity contribution in [2.24, 2.45) is 0 Å². The molecule has 0 aliphatic rings. The molecule has 1 heterocycles. The molecular weight excluding hydrogens is 392 g/mol. The average Bonchev–Trinajstić information content (AvgIpc) is 3.18. The second kappa shape index (κ2) is 9.87. The molecule has 0 aliphatic carbocycles. The molecule has 0 saturated heterocycles. The number of benzene rings is 2. The summed E-state index contributed by atoms with van der Waals surface area (Å²) in [6.45, 7) is 7.98. The van der Waals surface area contributed by atoms with Gasteiger partial charge in [0.25, 0.3) is 0 Å². The summed E-state index contributed by atoms with van der Waals surface area (Å²) in [5.41, 5.74) is 9.04. The van der Waals surface area contributed by atoms with E-state index in [1.54, 1.807) is 17.4 Å². The van der Waals surface area contributed by atoms with E-state index >= 15 is 0 Å². The van der Waals surface area contributed by atoms with Gasteiger partial charge >= 0.3 is 0 Å². The molecule has 1 aromatic heterocycles. The SMILES string of the molecule is CCCN(CCC)[C@@H](C)C(=O)Nc1cc(C=N)c(N)c(-c2cc3ccccc3s2)c1. The van der Waals surface area contributed by atoms with Crippen LogP contribution in [0.15, 0.2) is 42.5 Å². The molecule has 0 unspecified atom stereocenters. The molecule has 6 heteroatoms. The maximum Gasteiger partial charge on any atom is 0.241 e. The molecule has 158 valence electrons. The van der Waals surface area contributed by atoms with Crippen molar-refractivity contribution in [3.8, 4) is 10.4 Å². The van der Waals surface area contributed by atoms with Gasteiger partial charge in [-0.3, -0.25) is 9.69 Å². The Morgan fingerprint density at radius 3 is 2.53 bits per heavy atom. The van der Waals surface area contributed by atoms with Crippen molar-refractivity contribution >= 4 is 44.9 Å². The number of hydrogen-bond donors (Lipinski definition) is 3. The van der Waals surface area contributed by atoms with Crippen LogP contribution in [-0.2, 0) is 4.79 Å². The zero-order valence-electron chi connectivity index (χ0n) is 17.9. The maximum absolute atomic E-state index is 12.9. The number of rotatable bonds is 9. The molecule has 5 nitrogen and oxygen atoms in total. The van der Waals surface area contributed by atoms with E-state index in [0.29, 0.717) is 16.9 Å². The summed E-state index contributed by atoms with van der Waals surface area (Å²) in [6, 6.07) is 13.8. The Morgan fingerprint density at radius 1 is 1.20 bits per heavy atom. The minimum atomic E-state index is -0.223. The van der Waals surface area contributed by atoms with E-state index < -0.39 is 0 Å². The van der Waals surface area contributed by atoms with Gasteiger partial charge in [0.1, 0.15) is 0 Å². The van der Waals surface area contributed by atoms with Gasteiger partial charge in [-0.05, 0) is 62.5 Å². The average molecular weight is 423 g/mol. The summed E-state index contributed by atoms with van der Waals surface area (Å²) < 4.78 is 1.18. The highest BCUT2D eigenvalue weighted by atomic mass is 32.1. The standard InChI is InChI=1S/C24H30N4OS/c1-4-10-28(11-5-2)16(3)24(29)27-19-12-18(15-25)23(26)20(14-19)22-13-17-8-6-7-9-21(17)30-22/h6-9,12-16,25H,4-5,10-11,26H2,1-3H3,(H,27,29)/t16-/m0/s1. The zero-order chi connectivity index (χ0) is 21.7. The number of amides is 1. The van der Waals surface area contributed by atoms with E-state index in [9.17, 15) is 4.79 Å². The van der Waals surface area contributed by atoms with Crippen LogP contribution < -0.4 is 11.1 Å². The number of nitrogens with zero attached hydrogens (tertiary/aromatic N) is 1. The second-order valence-corrected chi connectivity index (χ2v) is 8.60. The molecule has 1 amide bonds. The first-order chi connectivity index (χ1) is 14.5. The molecule has 30 heavy (non-hydrogen) atoms. The lowest BCUT2D eigenvalue weighted by molar-refractivity contribution is -0.120. The number of nitrogen functional groups attached to an aromatic ring is 1. The summed E-state index contributed by atoms with van der Waals surface area (Å²) in [7, 11) is 0. The molecular formula is C24H30N4OS. The normalized spacial score (nSPS) is 12.3. The van der Waals surface area contributed by atoms with E-state index in [1.807, 2.05) is 25.1 Å². The van der Waals surface area contributed by atoms with Gasteiger partial charge in [0.15, 0.2) is 0 Å². The molecule has 2 aromatic carbocycles. The summed E-state index contributed by atoms with van der Waals surface area (Å²) in [6.07, 6.45) is 3.26. The van der Waals surface area contributed by atoms with Crippen LogP contribution in [0.25, 0.3) is 20.5 Å². The summed E-state index contributed by atoms with van der Waals surface area (Å²) >= 11 is 1.66. The van der Waals surface area contributed by atoms with Crippen molar-refractivity contribution in [2.75, 3.05) is 24.1 Å². The van der Waals surface area contributed by atoms with Crippen LogP contribution in [0.2, 0.25) is 0 Å².